The maximum atomic E-state index is 13.3. The highest BCUT2D eigenvalue weighted by atomic mass is 16.6. The minimum absolute atomic E-state index is 0.0115. The van der Waals surface area contributed by atoms with Gasteiger partial charge in [0.25, 0.3) is 0 Å². The Balaban J connectivity index is 1.41. The van der Waals surface area contributed by atoms with Crippen molar-refractivity contribution >= 4 is 5.97 Å². The first-order valence-electron chi connectivity index (χ1n) is 15.8. The van der Waals surface area contributed by atoms with Crippen LogP contribution in [0.25, 0.3) is 0 Å². The lowest BCUT2D eigenvalue weighted by molar-refractivity contribution is -0.0210. The van der Waals surface area contributed by atoms with Crippen molar-refractivity contribution in [3.05, 3.63) is 100 Å². The lowest BCUT2D eigenvalue weighted by Crippen LogP contribution is -2.38. The summed E-state index contributed by atoms with van der Waals surface area (Å²) in [5, 5.41) is 127. The molecule has 7 rings (SSSR count). The van der Waals surface area contributed by atoms with E-state index in [1.54, 1.807) is 0 Å². The number of aliphatic hydroxyl groups excluding tert-OH is 1. The fraction of sp³-hybridized carbons (Fsp3) is 0.162. The molecule has 16 nitrogen and oxygen atoms in total. The molecule has 5 atom stereocenters. The highest BCUT2D eigenvalue weighted by molar-refractivity contribution is 5.89. The van der Waals surface area contributed by atoms with Crippen LogP contribution in [0.15, 0.2) is 66.7 Å². The molecular weight excluding hydrogens is 700 g/mol. The van der Waals surface area contributed by atoms with Gasteiger partial charge in [-0.1, -0.05) is 0 Å². The predicted octanol–water partition coefficient (Wildman–Crippen LogP) is 3.98. The zero-order valence-corrected chi connectivity index (χ0v) is 26.9. The van der Waals surface area contributed by atoms with Gasteiger partial charge in [-0.2, -0.15) is 0 Å². The fourth-order valence-corrected chi connectivity index (χ4v) is 6.74. The summed E-state index contributed by atoms with van der Waals surface area (Å²) in [6.45, 7) is 0. The smallest absolute Gasteiger partial charge is 0.338 e. The van der Waals surface area contributed by atoms with Gasteiger partial charge in [0.1, 0.15) is 52.5 Å². The van der Waals surface area contributed by atoms with Crippen LogP contribution in [0.2, 0.25) is 0 Å². The molecule has 0 saturated heterocycles. The number of aromatic hydroxyl groups is 11. The topological polar surface area (TPSA) is 288 Å². The number of rotatable bonds is 5. The molecule has 2 aliphatic heterocycles. The van der Waals surface area contributed by atoms with Gasteiger partial charge < -0.3 is 75.5 Å². The number of esters is 1. The van der Waals surface area contributed by atoms with Crippen LogP contribution in [0, 0.1) is 0 Å². The summed E-state index contributed by atoms with van der Waals surface area (Å²) in [6, 6.07) is 12.0. The molecule has 12 N–H and O–H groups in total. The number of hydrogen-bond acceptors (Lipinski definition) is 16. The van der Waals surface area contributed by atoms with Crippen molar-refractivity contribution in [2.24, 2.45) is 0 Å². The standard InChI is InChI=1S/C37H30O16/c38-16-3-1-13(2-4-16)37(50)52-27-11-18-19(40)12-21(42)29(36(18)53-34(27)14-5-22(43)31(47)23(44)6-14)30-28-20(41)9-17(39)10-26(28)51-35(33(30)49)15-7-24(45)32(48)25(46)8-15/h1-10,12,27,30,33-35,38-49H,11H2/t27-,30+,33-,34-,35-/m1/s1. The number of hydrogen-bond donors (Lipinski definition) is 12. The van der Waals surface area contributed by atoms with E-state index in [0.29, 0.717) is 0 Å². The Morgan fingerprint density at radius 3 is 1.72 bits per heavy atom. The number of aliphatic hydroxyl groups is 1. The highest BCUT2D eigenvalue weighted by Crippen LogP contribution is 2.58. The minimum atomic E-state index is -1.82. The molecule has 0 unspecified atom stereocenters. The molecule has 2 aliphatic rings. The van der Waals surface area contributed by atoms with Crippen LogP contribution in [0.3, 0.4) is 0 Å². The maximum absolute atomic E-state index is 13.3. The number of fused-ring (bicyclic) bond motifs is 2. The van der Waals surface area contributed by atoms with E-state index in [-0.39, 0.29) is 57.1 Å². The normalized spacial score (nSPS) is 20.4. The molecule has 0 bridgehead atoms. The van der Waals surface area contributed by atoms with Crippen molar-refractivity contribution in [1.82, 2.24) is 0 Å². The molecule has 274 valence electrons. The molecular formula is C37H30O16. The third-order valence-electron chi connectivity index (χ3n) is 9.20. The minimum Gasteiger partial charge on any atom is -0.508 e. The lowest BCUT2D eigenvalue weighted by Gasteiger charge is -2.40. The molecule has 53 heavy (non-hydrogen) atoms. The van der Waals surface area contributed by atoms with Gasteiger partial charge in [0.15, 0.2) is 46.7 Å². The largest absolute Gasteiger partial charge is 0.508 e. The Hall–Kier alpha value is -7.07. The maximum Gasteiger partial charge on any atom is 0.338 e. The predicted molar refractivity (Wildman–Crippen MR) is 178 cm³/mol. The number of carbonyl (C=O) groups excluding carboxylic acids is 1. The fourth-order valence-electron chi connectivity index (χ4n) is 6.74. The lowest BCUT2D eigenvalue weighted by atomic mass is 9.77. The number of phenolic OH excluding ortho intramolecular Hbond substituents is 11. The second-order valence-electron chi connectivity index (χ2n) is 12.6. The van der Waals surface area contributed by atoms with Crippen molar-refractivity contribution in [3.63, 3.8) is 0 Å². The quantitative estimate of drug-likeness (QED) is 0.0899. The van der Waals surface area contributed by atoms with Crippen LogP contribution in [0.4, 0.5) is 0 Å². The average molecular weight is 731 g/mol. The SMILES string of the molecule is O=C(O[C@@H]1Cc2c(O)cc(O)c([C@@H]3c4c(O)cc(O)cc4O[C@H](c4cc(O)c(O)c(O)c4)[C@@H]3O)c2O[C@@H]1c1cc(O)c(O)c(O)c1)c1ccc(O)cc1. The van der Waals surface area contributed by atoms with Crippen LogP contribution in [0.1, 0.15) is 56.3 Å². The van der Waals surface area contributed by atoms with E-state index in [0.717, 1.165) is 42.5 Å². The Bertz CT molecular complexity index is 2240. The van der Waals surface area contributed by atoms with E-state index in [9.17, 15) is 66.1 Å². The summed E-state index contributed by atoms with van der Waals surface area (Å²) in [7, 11) is 0. The summed E-state index contributed by atoms with van der Waals surface area (Å²) >= 11 is 0. The van der Waals surface area contributed by atoms with Gasteiger partial charge in [-0.05, 0) is 48.5 Å². The molecule has 5 aromatic carbocycles. The van der Waals surface area contributed by atoms with Gasteiger partial charge in [-0.25, -0.2) is 4.79 Å². The van der Waals surface area contributed by atoms with Gasteiger partial charge in [0, 0.05) is 52.4 Å². The second kappa shape index (κ2) is 12.6. The van der Waals surface area contributed by atoms with Crippen molar-refractivity contribution in [1.29, 1.82) is 0 Å². The van der Waals surface area contributed by atoms with Crippen molar-refractivity contribution in [2.75, 3.05) is 0 Å². The molecule has 16 heteroatoms. The van der Waals surface area contributed by atoms with Crippen LogP contribution >= 0.6 is 0 Å². The molecule has 0 saturated carbocycles. The molecule has 0 radical (unpaired) electrons. The van der Waals surface area contributed by atoms with Crippen molar-refractivity contribution in [3.8, 4) is 74.7 Å². The van der Waals surface area contributed by atoms with Gasteiger partial charge in [0.2, 0.25) is 0 Å². The van der Waals surface area contributed by atoms with Crippen LogP contribution < -0.4 is 9.47 Å². The molecule has 0 spiro atoms. The molecule has 0 amide bonds. The zero-order valence-electron chi connectivity index (χ0n) is 26.9. The van der Waals surface area contributed by atoms with Crippen LogP contribution in [-0.4, -0.2) is 79.5 Å². The summed E-state index contributed by atoms with van der Waals surface area (Å²) in [4.78, 5) is 13.3. The Morgan fingerprint density at radius 1 is 0.585 bits per heavy atom. The Morgan fingerprint density at radius 2 is 1.13 bits per heavy atom. The summed E-state index contributed by atoms with van der Waals surface area (Å²) in [6.07, 6.45) is -6.52. The third-order valence-corrected chi connectivity index (χ3v) is 9.20. The van der Waals surface area contributed by atoms with E-state index in [2.05, 4.69) is 0 Å². The summed E-state index contributed by atoms with van der Waals surface area (Å²) < 4.78 is 18.1. The van der Waals surface area contributed by atoms with Gasteiger partial charge in [0.05, 0.1) is 11.5 Å². The van der Waals surface area contributed by atoms with Gasteiger partial charge in [-0.15, -0.1) is 0 Å². The van der Waals surface area contributed by atoms with Crippen LogP contribution in [-0.2, 0) is 11.2 Å². The molecule has 0 aliphatic carbocycles. The number of ether oxygens (including phenoxy) is 3. The zero-order chi connectivity index (χ0) is 38.0. The third kappa shape index (κ3) is 5.85. The van der Waals surface area contributed by atoms with E-state index in [4.69, 9.17) is 14.2 Å². The van der Waals surface area contributed by atoms with E-state index in [1.807, 2.05) is 0 Å². The molecule has 5 aromatic rings. The Labute approximate surface area is 297 Å². The van der Waals surface area contributed by atoms with Crippen LogP contribution in [0.5, 0.6) is 74.7 Å². The number of benzene rings is 5. The second-order valence-corrected chi connectivity index (χ2v) is 12.6. The Kier molecular flexibility index (Phi) is 8.18. The van der Waals surface area contributed by atoms with E-state index < -0.39 is 93.8 Å². The highest BCUT2D eigenvalue weighted by Gasteiger charge is 2.47. The average Bonchev–Trinajstić information content (AvgIpc) is 3.10. The number of phenols is 11. The van der Waals surface area contributed by atoms with Gasteiger partial charge in [-0.3, -0.25) is 0 Å². The molecule has 0 fully saturated rings. The molecule has 0 aromatic heterocycles. The molecule has 2 heterocycles. The van der Waals surface area contributed by atoms with E-state index in [1.165, 1.54) is 24.3 Å². The van der Waals surface area contributed by atoms with E-state index >= 15 is 0 Å². The summed E-state index contributed by atoms with van der Waals surface area (Å²) in [5.74, 6) is -10.3. The van der Waals surface area contributed by atoms with Crippen molar-refractivity contribution < 1.29 is 80.3 Å². The first-order valence-corrected chi connectivity index (χ1v) is 15.8. The van der Waals surface area contributed by atoms with Gasteiger partial charge >= 0.3 is 5.97 Å². The van der Waals surface area contributed by atoms with Crippen molar-refractivity contribution in [2.45, 2.75) is 36.8 Å². The monoisotopic (exact) mass is 730 g/mol. The first kappa shape index (κ1) is 34.4. The first-order chi connectivity index (χ1) is 25.1. The number of carbonyl (C=O) groups is 1. The summed E-state index contributed by atoms with van der Waals surface area (Å²) in [5.41, 5.74) is -0.658.